The Morgan fingerprint density at radius 3 is 2.84 bits per heavy atom. The Morgan fingerprint density at radius 2 is 2.21 bits per heavy atom. The summed E-state index contributed by atoms with van der Waals surface area (Å²) in [7, 11) is 1.35. The van der Waals surface area contributed by atoms with Crippen molar-refractivity contribution < 1.29 is 23.1 Å². The lowest BCUT2D eigenvalue weighted by atomic mass is 10.2. The Labute approximate surface area is 107 Å². The van der Waals surface area contributed by atoms with Gasteiger partial charge in [0.2, 0.25) is 11.7 Å². The average Bonchev–Trinajstić information content (AvgIpc) is 2.68. The number of amides is 2. The minimum atomic E-state index is -0.857. The topological polar surface area (TPSA) is 94.6 Å². The first-order valence-electron chi connectivity index (χ1n) is 5.33. The summed E-state index contributed by atoms with van der Waals surface area (Å²) in [6.07, 6.45) is 0. The third kappa shape index (κ3) is 2.55. The highest BCUT2D eigenvalue weighted by Gasteiger charge is 2.20. The van der Waals surface area contributed by atoms with E-state index in [9.17, 15) is 14.0 Å². The standard InChI is InChI=1S/C12H11FN2O4/c1-18-5-9(16)15-10-7-4-6(13)2-3-8(7)19-11(10)12(14)17/h2-4H,5H2,1H3,(H2,14,17)(H,15,16). The molecule has 0 saturated heterocycles. The smallest absolute Gasteiger partial charge is 0.286 e. The Morgan fingerprint density at radius 1 is 1.47 bits per heavy atom. The molecule has 100 valence electrons. The number of furan rings is 1. The van der Waals surface area contributed by atoms with Gasteiger partial charge in [0.15, 0.2) is 0 Å². The molecule has 0 aliphatic rings. The molecule has 0 spiro atoms. The highest BCUT2D eigenvalue weighted by molar-refractivity contribution is 6.10. The summed E-state index contributed by atoms with van der Waals surface area (Å²) in [5.74, 6) is -2.11. The first-order chi connectivity index (χ1) is 9.02. The van der Waals surface area contributed by atoms with Crippen LogP contribution in [-0.2, 0) is 9.53 Å². The lowest BCUT2D eigenvalue weighted by Crippen LogP contribution is -2.20. The van der Waals surface area contributed by atoms with Crippen LogP contribution in [0.1, 0.15) is 10.6 Å². The molecule has 0 aliphatic carbocycles. The van der Waals surface area contributed by atoms with Crippen molar-refractivity contribution in [3.05, 3.63) is 29.8 Å². The number of methoxy groups -OCH3 is 1. The molecule has 0 aliphatic heterocycles. The first kappa shape index (κ1) is 13.0. The number of carbonyl (C=O) groups excluding carboxylic acids is 2. The molecule has 0 bridgehead atoms. The Kier molecular flexibility index (Phi) is 3.48. The number of ether oxygens (including phenoxy) is 1. The maximum absolute atomic E-state index is 13.2. The van der Waals surface area contributed by atoms with Gasteiger partial charge in [-0.1, -0.05) is 0 Å². The van der Waals surface area contributed by atoms with E-state index in [-0.39, 0.29) is 29.0 Å². The molecular formula is C12H11FN2O4. The predicted molar refractivity (Wildman–Crippen MR) is 65.2 cm³/mol. The number of nitrogens with one attached hydrogen (secondary N) is 1. The van der Waals surface area contributed by atoms with Crippen molar-refractivity contribution in [1.82, 2.24) is 0 Å². The molecule has 6 nitrogen and oxygen atoms in total. The number of benzene rings is 1. The van der Waals surface area contributed by atoms with Gasteiger partial charge in [-0.2, -0.15) is 0 Å². The van der Waals surface area contributed by atoms with E-state index in [4.69, 9.17) is 10.2 Å². The van der Waals surface area contributed by atoms with Crippen LogP contribution in [0.5, 0.6) is 0 Å². The summed E-state index contributed by atoms with van der Waals surface area (Å²) in [6, 6.07) is 3.67. The van der Waals surface area contributed by atoms with E-state index < -0.39 is 17.6 Å². The number of hydrogen-bond acceptors (Lipinski definition) is 4. The molecule has 2 rings (SSSR count). The van der Waals surface area contributed by atoms with Crippen molar-refractivity contribution in [2.45, 2.75) is 0 Å². The molecule has 0 radical (unpaired) electrons. The van der Waals surface area contributed by atoms with Crippen LogP contribution in [-0.4, -0.2) is 25.5 Å². The summed E-state index contributed by atoms with van der Waals surface area (Å²) in [5, 5.41) is 2.68. The number of fused-ring (bicyclic) bond motifs is 1. The van der Waals surface area contributed by atoms with Crippen LogP contribution < -0.4 is 11.1 Å². The van der Waals surface area contributed by atoms with Crippen LogP contribution in [0.2, 0.25) is 0 Å². The summed E-state index contributed by atoms with van der Waals surface area (Å²) in [5.41, 5.74) is 5.46. The van der Waals surface area contributed by atoms with E-state index in [1.807, 2.05) is 0 Å². The molecule has 0 saturated carbocycles. The van der Waals surface area contributed by atoms with E-state index in [1.54, 1.807) is 0 Å². The van der Waals surface area contributed by atoms with Gasteiger partial charge in [0.1, 0.15) is 23.7 Å². The van der Waals surface area contributed by atoms with Crippen molar-refractivity contribution in [2.75, 3.05) is 19.0 Å². The second-order valence-corrected chi connectivity index (χ2v) is 3.79. The van der Waals surface area contributed by atoms with Crippen LogP contribution in [0.4, 0.5) is 10.1 Å². The molecule has 1 aromatic heterocycles. The van der Waals surface area contributed by atoms with Crippen molar-refractivity contribution in [1.29, 1.82) is 0 Å². The molecular weight excluding hydrogens is 255 g/mol. The fraction of sp³-hybridized carbons (Fsp3) is 0.167. The van der Waals surface area contributed by atoms with Gasteiger partial charge in [0.25, 0.3) is 5.91 Å². The zero-order valence-electron chi connectivity index (χ0n) is 10.0. The van der Waals surface area contributed by atoms with Crippen LogP contribution in [0.3, 0.4) is 0 Å². The molecule has 7 heteroatoms. The maximum Gasteiger partial charge on any atom is 0.286 e. The highest BCUT2D eigenvalue weighted by atomic mass is 19.1. The van der Waals surface area contributed by atoms with Crippen LogP contribution in [0.25, 0.3) is 11.0 Å². The number of carbonyl (C=O) groups is 2. The quantitative estimate of drug-likeness (QED) is 0.870. The summed E-state index contributed by atoms with van der Waals surface area (Å²) >= 11 is 0. The fourth-order valence-electron chi connectivity index (χ4n) is 1.67. The molecule has 2 amide bonds. The monoisotopic (exact) mass is 266 g/mol. The van der Waals surface area contributed by atoms with E-state index in [0.717, 1.165) is 6.07 Å². The third-order valence-corrected chi connectivity index (χ3v) is 2.41. The van der Waals surface area contributed by atoms with Gasteiger partial charge in [0.05, 0.1) is 0 Å². The zero-order valence-corrected chi connectivity index (χ0v) is 10.0. The first-order valence-corrected chi connectivity index (χ1v) is 5.33. The second kappa shape index (κ2) is 5.07. The third-order valence-electron chi connectivity index (χ3n) is 2.41. The normalized spacial score (nSPS) is 10.6. The molecule has 1 aromatic carbocycles. The molecule has 0 unspecified atom stereocenters. The average molecular weight is 266 g/mol. The minimum absolute atomic E-state index is 0.0454. The molecule has 2 aromatic rings. The van der Waals surface area contributed by atoms with Gasteiger partial charge in [-0.3, -0.25) is 9.59 Å². The summed E-state index contributed by atoms with van der Waals surface area (Å²) in [6.45, 7) is -0.208. The lowest BCUT2D eigenvalue weighted by Gasteiger charge is -2.03. The van der Waals surface area contributed by atoms with E-state index >= 15 is 0 Å². The largest absolute Gasteiger partial charge is 0.449 e. The minimum Gasteiger partial charge on any atom is -0.449 e. The van der Waals surface area contributed by atoms with E-state index in [0.29, 0.717) is 0 Å². The Hall–Kier alpha value is -2.41. The Balaban J connectivity index is 2.54. The van der Waals surface area contributed by atoms with Gasteiger partial charge < -0.3 is 20.2 Å². The lowest BCUT2D eigenvalue weighted by molar-refractivity contribution is -0.119. The number of hydrogen-bond donors (Lipinski definition) is 2. The van der Waals surface area contributed by atoms with Crippen molar-refractivity contribution in [3.8, 4) is 0 Å². The number of rotatable bonds is 4. The van der Waals surface area contributed by atoms with Gasteiger partial charge in [-0.05, 0) is 18.2 Å². The molecule has 0 atom stereocenters. The summed E-state index contributed by atoms with van der Waals surface area (Å²) < 4.78 is 23.1. The van der Waals surface area contributed by atoms with E-state index in [2.05, 4.69) is 10.1 Å². The van der Waals surface area contributed by atoms with Gasteiger partial charge in [-0.15, -0.1) is 0 Å². The highest BCUT2D eigenvalue weighted by Crippen LogP contribution is 2.31. The van der Waals surface area contributed by atoms with Gasteiger partial charge >= 0.3 is 0 Å². The Bertz CT molecular complexity index is 650. The summed E-state index contributed by atoms with van der Waals surface area (Å²) in [4.78, 5) is 22.8. The maximum atomic E-state index is 13.2. The van der Waals surface area contributed by atoms with Crippen molar-refractivity contribution in [3.63, 3.8) is 0 Å². The van der Waals surface area contributed by atoms with Crippen LogP contribution >= 0.6 is 0 Å². The molecule has 1 heterocycles. The van der Waals surface area contributed by atoms with E-state index in [1.165, 1.54) is 19.2 Å². The number of anilines is 1. The molecule has 3 N–H and O–H groups in total. The van der Waals surface area contributed by atoms with Crippen molar-refractivity contribution >= 4 is 28.5 Å². The predicted octanol–water partition coefficient (Wildman–Crippen LogP) is 1.26. The number of primary amides is 1. The van der Waals surface area contributed by atoms with Crippen molar-refractivity contribution in [2.24, 2.45) is 5.73 Å². The second-order valence-electron chi connectivity index (χ2n) is 3.79. The number of nitrogens with two attached hydrogens (primary N) is 1. The zero-order chi connectivity index (χ0) is 14.0. The van der Waals surface area contributed by atoms with Crippen LogP contribution in [0.15, 0.2) is 22.6 Å². The molecule has 0 fully saturated rings. The van der Waals surface area contributed by atoms with Crippen LogP contribution in [0, 0.1) is 5.82 Å². The fourth-order valence-corrected chi connectivity index (χ4v) is 1.67. The van der Waals surface area contributed by atoms with Gasteiger partial charge in [-0.25, -0.2) is 4.39 Å². The van der Waals surface area contributed by atoms with Gasteiger partial charge in [0, 0.05) is 12.5 Å². The molecule has 19 heavy (non-hydrogen) atoms. The SMILES string of the molecule is COCC(=O)Nc1c(C(N)=O)oc2ccc(F)cc12. The number of halogens is 1.